The van der Waals surface area contributed by atoms with Gasteiger partial charge in [0.25, 0.3) is 0 Å². The van der Waals surface area contributed by atoms with E-state index in [0.29, 0.717) is 28.5 Å². The van der Waals surface area contributed by atoms with Crippen molar-refractivity contribution in [3.63, 3.8) is 0 Å². The molecule has 0 spiro atoms. The van der Waals surface area contributed by atoms with Crippen LogP contribution < -0.4 is 10.6 Å². The number of carbonyl (C=O) groups excluding carboxylic acids is 2. The summed E-state index contributed by atoms with van der Waals surface area (Å²) < 4.78 is 2.29. The summed E-state index contributed by atoms with van der Waals surface area (Å²) >= 11 is 5.35. The molecule has 162 valence electrons. The van der Waals surface area contributed by atoms with Gasteiger partial charge in [-0.05, 0) is 43.4 Å². The molecule has 0 aliphatic carbocycles. The van der Waals surface area contributed by atoms with E-state index in [-0.39, 0.29) is 18.2 Å². The lowest BCUT2D eigenvalue weighted by atomic mass is 9.95. The van der Waals surface area contributed by atoms with E-state index in [4.69, 9.17) is 12.2 Å². The molecule has 3 aromatic rings. The van der Waals surface area contributed by atoms with Crippen LogP contribution in [0.3, 0.4) is 0 Å². The summed E-state index contributed by atoms with van der Waals surface area (Å²) in [6.45, 7) is 7.95. The summed E-state index contributed by atoms with van der Waals surface area (Å²) in [6.07, 6.45) is 0.227. The SMILES string of the molecule is Cc1cccc(-c2n[nH]c(=S)n2CCC(=O)Nc2cccc(NC(=O)C(C)(C)C)c2)c1. The van der Waals surface area contributed by atoms with Crippen LogP contribution in [-0.2, 0) is 16.1 Å². The van der Waals surface area contributed by atoms with E-state index in [0.717, 1.165) is 11.1 Å². The van der Waals surface area contributed by atoms with E-state index in [2.05, 4.69) is 20.8 Å². The fourth-order valence-corrected chi connectivity index (χ4v) is 3.18. The summed E-state index contributed by atoms with van der Waals surface area (Å²) in [7, 11) is 0. The van der Waals surface area contributed by atoms with Crippen LogP contribution in [0, 0.1) is 17.1 Å². The third kappa shape index (κ3) is 5.88. The molecule has 3 N–H and O–H groups in total. The van der Waals surface area contributed by atoms with Crippen molar-refractivity contribution in [1.29, 1.82) is 0 Å². The predicted molar refractivity (Wildman–Crippen MR) is 125 cm³/mol. The number of hydrogen-bond donors (Lipinski definition) is 3. The zero-order chi connectivity index (χ0) is 22.6. The number of amides is 2. The molecule has 0 fully saturated rings. The largest absolute Gasteiger partial charge is 0.326 e. The molecule has 0 atom stereocenters. The zero-order valence-corrected chi connectivity index (χ0v) is 19.0. The first kappa shape index (κ1) is 22.4. The minimum Gasteiger partial charge on any atom is -0.326 e. The molecule has 0 saturated carbocycles. The number of nitrogens with one attached hydrogen (secondary N) is 3. The highest BCUT2D eigenvalue weighted by molar-refractivity contribution is 7.71. The summed E-state index contributed by atoms with van der Waals surface area (Å²) in [5, 5.41) is 12.9. The Hall–Kier alpha value is -3.26. The van der Waals surface area contributed by atoms with Gasteiger partial charge in [-0.15, -0.1) is 0 Å². The van der Waals surface area contributed by atoms with Crippen LogP contribution in [0.15, 0.2) is 48.5 Å². The van der Waals surface area contributed by atoms with Gasteiger partial charge in [0, 0.05) is 35.3 Å². The van der Waals surface area contributed by atoms with Crippen molar-refractivity contribution in [2.45, 2.75) is 40.7 Å². The van der Waals surface area contributed by atoms with Crippen molar-refractivity contribution in [1.82, 2.24) is 14.8 Å². The van der Waals surface area contributed by atoms with E-state index in [1.807, 2.05) is 56.5 Å². The van der Waals surface area contributed by atoms with Crippen molar-refractivity contribution < 1.29 is 9.59 Å². The van der Waals surface area contributed by atoms with Crippen LogP contribution in [0.2, 0.25) is 0 Å². The second kappa shape index (κ2) is 9.26. The fraction of sp³-hybridized carbons (Fsp3) is 0.304. The first-order valence-electron chi connectivity index (χ1n) is 10.1. The van der Waals surface area contributed by atoms with E-state index in [1.165, 1.54) is 0 Å². The van der Waals surface area contributed by atoms with Gasteiger partial charge in [-0.3, -0.25) is 19.3 Å². The van der Waals surface area contributed by atoms with Crippen molar-refractivity contribution in [2.24, 2.45) is 5.41 Å². The normalized spacial score (nSPS) is 11.2. The number of aromatic amines is 1. The molecule has 2 aromatic carbocycles. The zero-order valence-electron chi connectivity index (χ0n) is 18.2. The Morgan fingerprint density at radius 3 is 2.42 bits per heavy atom. The first-order chi connectivity index (χ1) is 14.6. The summed E-state index contributed by atoms with van der Waals surface area (Å²) in [6, 6.07) is 15.1. The predicted octanol–water partition coefficient (Wildman–Crippen LogP) is 4.93. The summed E-state index contributed by atoms with van der Waals surface area (Å²) in [5.74, 6) is 0.458. The average Bonchev–Trinajstić information content (AvgIpc) is 3.06. The van der Waals surface area contributed by atoms with Gasteiger partial charge in [-0.25, -0.2) is 0 Å². The number of rotatable bonds is 6. The second-order valence-corrected chi connectivity index (χ2v) is 8.84. The van der Waals surface area contributed by atoms with Gasteiger partial charge in [-0.2, -0.15) is 5.10 Å². The van der Waals surface area contributed by atoms with Crippen molar-refractivity contribution >= 4 is 35.4 Å². The molecule has 0 aliphatic heterocycles. The first-order valence-corrected chi connectivity index (χ1v) is 10.5. The molecular weight excluding hydrogens is 410 g/mol. The van der Waals surface area contributed by atoms with Gasteiger partial charge in [0.2, 0.25) is 11.8 Å². The van der Waals surface area contributed by atoms with Crippen LogP contribution in [-0.4, -0.2) is 26.6 Å². The maximum absolute atomic E-state index is 12.5. The molecule has 2 amide bonds. The monoisotopic (exact) mass is 437 g/mol. The third-order valence-corrected chi connectivity index (χ3v) is 4.99. The van der Waals surface area contributed by atoms with Gasteiger partial charge in [-0.1, -0.05) is 50.6 Å². The number of H-pyrrole nitrogens is 1. The molecule has 1 heterocycles. The Morgan fingerprint density at radius 1 is 1.06 bits per heavy atom. The smallest absolute Gasteiger partial charge is 0.229 e. The highest BCUT2D eigenvalue weighted by Crippen LogP contribution is 2.21. The highest BCUT2D eigenvalue weighted by Gasteiger charge is 2.21. The summed E-state index contributed by atoms with van der Waals surface area (Å²) in [4.78, 5) is 24.7. The quantitative estimate of drug-likeness (QED) is 0.477. The number of benzene rings is 2. The van der Waals surface area contributed by atoms with E-state index >= 15 is 0 Å². The molecule has 0 bridgehead atoms. The number of anilines is 2. The Labute approximate surface area is 186 Å². The Morgan fingerprint density at radius 2 is 1.74 bits per heavy atom. The molecule has 31 heavy (non-hydrogen) atoms. The van der Waals surface area contributed by atoms with Crippen LogP contribution >= 0.6 is 12.2 Å². The van der Waals surface area contributed by atoms with Crippen molar-refractivity contribution in [2.75, 3.05) is 10.6 Å². The molecule has 0 unspecified atom stereocenters. The minimum atomic E-state index is -0.502. The Balaban J connectivity index is 1.66. The van der Waals surface area contributed by atoms with Crippen molar-refractivity contribution in [3.05, 3.63) is 58.9 Å². The molecule has 0 saturated heterocycles. The fourth-order valence-electron chi connectivity index (χ4n) is 2.96. The second-order valence-electron chi connectivity index (χ2n) is 8.46. The van der Waals surface area contributed by atoms with Crippen LogP contribution in [0.25, 0.3) is 11.4 Å². The Bertz CT molecular complexity index is 1160. The summed E-state index contributed by atoms with van der Waals surface area (Å²) in [5.41, 5.74) is 2.81. The lowest BCUT2D eigenvalue weighted by molar-refractivity contribution is -0.123. The molecule has 0 radical (unpaired) electrons. The maximum Gasteiger partial charge on any atom is 0.229 e. The van der Waals surface area contributed by atoms with E-state index in [1.54, 1.807) is 24.3 Å². The standard InChI is InChI=1S/C23H27N5O2S/c1-15-7-5-8-16(13-15)20-26-27-22(31)28(20)12-11-19(29)24-17-9-6-10-18(14-17)25-21(30)23(2,3)4/h5-10,13-14H,11-12H2,1-4H3,(H,24,29)(H,25,30)(H,27,31). The minimum absolute atomic E-state index is 0.0889. The molecular formula is C23H27N5O2S. The molecule has 1 aromatic heterocycles. The topological polar surface area (TPSA) is 91.8 Å². The molecule has 7 nitrogen and oxygen atoms in total. The van der Waals surface area contributed by atoms with Crippen molar-refractivity contribution in [3.8, 4) is 11.4 Å². The van der Waals surface area contributed by atoms with E-state index in [9.17, 15) is 9.59 Å². The number of aryl methyl sites for hydroxylation is 1. The number of nitrogens with zero attached hydrogens (tertiary/aromatic N) is 2. The maximum atomic E-state index is 12.5. The number of hydrogen-bond acceptors (Lipinski definition) is 4. The van der Waals surface area contributed by atoms with Gasteiger partial charge in [0.1, 0.15) is 0 Å². The van der Waals surface area contributed by atoms with Crippen LogP contribution in [0.4, 0.5) is 11.4 Å². The lowest BCUT2D eigenvalue weighted by Gasteiger charge is -2.18. The lowest BCUT2D eigenvalue weighted by Crippen LogP contribution is -2.27. The Kier molecular flexibility index (Phi) is 6.70. The van der Waals surface area contributed by atoms with Gasteiger partial charge >= 0.3 is 0 Å². The average molecular weight is 438 g/mol. The van der Waals surface area contributed by atoms with Gasteiger partial charge in [0.05, 0.1) is 0 Å². The molecule has 0 aliphatic rings. The highest BCUT2D eigenvalue weighted by atomic mass is 32.1. The van der Waals surface area contributed by atoms with Gasteiger partial charge in [0.15, 0.2) is 10.6 Å². The molecule has 8 heteroatoms. The van der Waals surface area contributed by atoms with Crippen LogP contribution in [0.5, 0.6) is 0 Å². The van der Waals surface area contributed by atoms with E-state index < -0.39 is 5.41 Å². The third-order valence-electron chi connectivity index (χ3n) is 4.68. The number of carbonyl (C=O) groups is 2. The van der Waals surface area contributed by atoms with Crippen LogP contribution in [0.1, 0.15) is 32.8 Å². The molecule has 3 rings (SSSR count). The van der Waals surface area contributed by atoms with Gasteiger partial charge < -0.3 is 10.6 Å². The number of aromatic nitrogens is 3.